The second kappa shape index (κ2) is 35.8. The molecule has 0 bridgehead atoms. The maximum atomic E-state index is 12.7. The van der Waals surface area contributed by atoms with Crippen molar-refractivity contribution < 1.29 is 44.2 Å². The largest absolute Gasteiger partial charge is 0.457 e. The van der Waals surface area contributed by atoms with E-state index in [4.69, 9.17) is 18.9 Å². The van der Waals surface area contributed by atoms with E-state index in [0.717, 1.165) is 89.9 Å². The standard InChI is InChI=1S/C45H72O9/c1-3-5-7-9-11-13-15-17-19-20-21-22-24-26-28-30-32-34-41(47)53-39(38-52-45-44(50)43(49)42(48)40(36-46)54-45)37-51-35-33-31-29-27-25-23-18-16-14-12-10-8-6-4-2/h5-8,11-14,17-19,21-23,26,28,39-40,42-46,48-50H,3-4,9-10,15-16,20,24-25,27,29-38H2,1-2H3/b7-5-,8-6-,13-11-,14-12-,19-17-,22-21-,23-18-,28-26-. The van der Waals surface area contributed by atoms with Crippen LogP contribution in [0.4, 0.5) is 0 Å². The van der Waals surface area contributed by atoms with Crippen LogP contribution >= 0.6 is 0 Å². The third-order valence-corrected chi connectivity index (χ3v) is 8.50. The average molecular weight is 757 g/mol. The van der Waals surface area contributed by atoms with Crippen molar-refractivity contribution in [2.75, 3.05) is 26.4 Å². The van der Waals surface area contributed by atoms with Crippen LogP contribution in [0.2, 0.25) is 0 Å². The zero-order valence-corrected chi connectivity index (χ0v) is 33.2. The quantitative estimate of drug-likeness (QED) is 0.0303. The summed E-state index contributed by atoms with van der Waals surface area (Å²) >= 11 is 0. The Morgan fingerprint density at radius 2 is 1.07 bits per heavy atom. The molecular formula is C45H72O9. The number of esters is 1. The van der Waals surface area contributed by atoms with Crippen LogP contribution in [0.3, 0.4) is 0 Å². The fraction of sp³-hybridized carbons (Fsp3) is 0.622. The molecule has 1 fully saturated rings. The Morgan fingerprint density at radius 1 is 0.593 bits per heavy atom. The lowest BCUT2D eigenvalue weighted by atomic mass is 9.99. The van der Waals surface area contributed by atoms with Crippen LogP contribution < -0.4 is 0 Å². The van der Waals surface area contributed by atoms with Gasteiger partial charge in [0.2, 0.25) is 0 Å². The number of ether oxygens (including phenoxy) is 4. The van der Waals surface area contributed by atoms with E-state index in [1.807, 2.05) is 0 Å². The van der Waals surface area contributed by atoms with Gasteiger partial charge in [0, 0.05) is 13.0 Å². The Kier molecular flexibility index (Phi) is 32.6. The minimum atomic E-state index is -1.56. The second-order valence-electron chi connectivity index (χ2n) is 13.3. The first-order chi connectivity index (χ1) is 26.4. The lowest BCUT2D eigenvalue weighted by Gasteiger charge is -2.39. The maximum Gasteiger partial charge on any atom is 0.306 e. The number of carbonyl (C=O) groups is 1. The number of hydrogen-bond donors (Lipinski definition) is 4. The fourth-order valence-electron chi connectivity index (χ4n) is 5.36. The molecule has 9 heteroatoms. The lowest BCUT2D eigenvalue weighted by molar-refractivity contribution is -0.305. The van der Waals surface area contributed by atoms with Gasteiger partial charge in [0.05, 0.1) is 19.8 Å². The number of carbonyl (C=O) groups excluding carboxylic acids is 1. The van der Waals surface area contributed by atoms with Crippen molar-refractivity contribution in [3.8, 4) is 0 Å². The van der Waals surface area contributed by atoms with Crippen LogP contribution in [0.1, 0.15) is 117 Å². The van der Waals surface area contributed by atoms with Crippen molar-refractivity contribution in [3.63, 3.8) is 0 Å². The summed E-state index contributed by atoms with van der Waals surface area (Å²) in [5.41, 5.74) is 0. The highest BCUT2D eigenvalue weighted by Crippen LogP contribution is 2.22. The van der Waals surface area contributed by atoms with Crippen LogP contribution in [0.5, 0.6) is 0 Å². The minimum Gasteiger partial charge on any atom is -0.457 e. The molecule has 1 aliphatic heterocycles. The second-order valence-corrected chi connectivity index (χ2v) is 13.3. The normalized spacial score (nSPS) is 21.9. The van der Waals surface area contributed by atoms with E-state index in [1.54, 1.807) is 0 Å². The Balaban J connectivity index is 2.39. The molecule has 1 heterocycles. The van der Waals surface area contributed by atoms with Gasteiger partial charge in [0.1, 0.15) is 30.5 Å². The summed E-state index contributed by atoms with van der Waals surface area (Å²) in [6.45, 7) is 4.17. The van der Waals surface area contributed by atoms with E-state index in [0.29, 0.717) is 13.0 Å². The van der Waals surface area contributed by atoms with E-state index >= 15 is 0 Å². The fourth-order valence-corrected chi connectivity index (χ4v) is 5.36. The van der Waals surface area contributed by atoms with Crippen molar-refractivity contribution in [1.29, 1.82) is 0 Å². The lowest BCUT2D eigenvalue weighted by Crippen LogP contribution is -2.59. The number of unbranched alkanes of at least 4 members (excludes halogenated alkanes) is 5. The topological polar surface area (TPSA) is 135 Å². The molecule has 1 rings (SSSR count). The molecule has 1 aliphatic rings. The first-order valence-electron chi connectivity index (χ1n) is 20.3. The van der Waals surface area contributed by atoms with Crippen LogP contribution in [-0.4, -0.2) is 89.6 Å². The number of aliphatic hydroxyl groups excluding tert-OH is 4. The Bertz CT molecular complexity index is 1130. The number of aliphatic hydroxyl groups is 4. The van der Waals surface area contributed by atoms with E-state index < -0.39 is 43.4 Å². The molecule has 54 heavy (non-hydrogen) atoms. The van der Waals surface area contributed by atoms with Gasteiger partial charge in [-0.1, -0.05) is 124 Å². The van der Waals surface area contributed by atoms with Crippen molar-refractivity contribution in [1.82, 2.24) is 0 Å². The molecular weight excluding hydrogens is 684 g/mol. The van der Waals surface area contributed by atoms with Gasteiger partial charge in [0.25, 0.3) is 0 Å². The van der Waals surface area contributed by atoms with Gasteiger partial charge in [0.15, 0.2) is 6.29 Å². The summed E-state index contributed by atoms with van der Waals surface area (Å²) in [4.78, 5) is 12.7. The Morgan fingerprint density at radius 3 is 1.59 bits per heavy atom. The summed E-state index contributed by atoms with van der Waals surface area (Å²) in [5, 5.41) is 40.0. The first-order valence-corrected chi connectivity index (χ1v) is 20.3. The van der Waals surface area contributed by atoms with E-state index in [9.17, 15) is 25.2 Å². The molecule has 0 spiro atoms. The van der Waals surface area contributed by atoms with Gasteiger partial charge in [-0.2, -0.15) is 0 Å². The van der Waals surface area contributed by atoms with Crippen molar-refractivity contribution in [2.24, 2.45) is 0 Å². The van der Waals surface area contributed by atoms with Gasteiger partial charge in [-0.15, -0.1) is 0 Å². The zero-order valence-electron chi connectivity index (χ0n) is 33.2. The predicted octanol–water partition coefficient (Wildman–Crippen LogP) is 8.46. The molecule has 0 aromatic rings. The molecule has 1 saturated heterocycles. The van der Waals surface area contributed by atoms with Crippen LogP contribution in [0, 0.1) is 0 Å². The monoisotopic (exact) mass is 757 g/mol. The molecule has 0 aliphatic carbocycles. The van der Waals surface area contributed by atoms with Gasteiger partial charge < -0.3 is 39.4 Å². The summed E-state index contributed by atoms with van der Waals surface area (Å²) in [5.74, 6) is -0.384. The highest BCUT2D eigenvalue weighted by Gasteiger charge is 2.44. The van der Waals surface area contributed by atoms with Gasteiger partial charge in [-0.3, -0.25) is 4.79 Å². The van der Waals surface area contributed by atoms with Gasteiger partial charge in [-0.05, 0) is 83.5 Å². The summed E-state index contributed by atoms with van der Waals surface area (Å²) in [7, 11) is 0. The molecule has 0 aromatic heterocycles. The third kappa shape index (κ3) is 26.8. The summed E-state index contributed by atoms with van der Waals surface area (Å²) in [6, 6.07) is 0. The minimum absolute atomic E-state index is 0.0996. The molecule has 6 atom stereocenters. The molecule has 0 amide bonds. The number of rotatable bonds is 32. The molecule has 4 N–H and O–H groups in total. The predicted molar refractivity (Wildman–Crippen MR) is 219 cm³/mol. The van der Waals surface area contributed by atoms with Gasteiger partial charge in [-0.25, -0.2) is 0 Å². The molecule has 9 nitrogen and oxygen atoms in total. The highest BCUT2D eigenvalue weighted by atomic mass is 16.7. The molecule has 306 valence electrons. The van der Waals surface area contributed by atoms with Gasteiger partial charge >= 0.3 is 5.97 Å². The van der Waals surface area contributed by atoms with Crippen molar-refractivity contribution >= 4 is 5.97 Å². The van der Waals surface area contributed by atoms with Crippen molar-refractivity contribution in [3.05, 3.63) is 97.2 Å². The van der Waals surface area contributed by atoms with Crippen molar-refractivity contribution in [2.45, 2.75) is 153 Å². The maximum absolute atomic E-state index is 12.7. The Hall–Kier alpha value is -2.89. The summed E-state index contributed by atoms with van der Waals surface area (Å²) < 4.78 is 22.6. The van der Waals surface area contributed by atoms with Crippen LogP contribution in [0.25, 0.3) is 0 Å². The number of allylic oxidation sites excluding steroid dienone is 16. The van der Waals surface area contributed by atoms with Crippen LogP contribution in [-0.2, 0) is 23.7 Å². The van der Waals surface area contributed by atoms with Crippen LogP contribution in [0.15, 0.2) is 97.2 Å². The highest BCUT2D eigenvalue weighted by molar-refractivity contribution is 5.69. The zero-order chi connectivity index (χ0) is 39.3. The molecule has 0 saturated carbocycles. The molecule has 0 aromatic carbocycles. The average Bonchev–Trinajstić information content (AvgIpc) is 3.17. The summed E-state index contributed by atoms with van der Waals surface area (Å²) in [6.07, 6.45) is 41.5. The van der Waals surface area contributed by atoms with E-state index in [1.165, 1.54) is 0 Å². The third-order valence-electron chi connectivity index (χ3n) is 8.50. The molecule has 6 unspecified atom stereocenters. The van der Waals surface area contributed by atoms with E-state index in [-0.39, 0.29) is 25.6 Å². The number of hydrogen-bond acceptors (Lipinski definition) is 9. The van der Waals surface area contributed by atoms with E-state index in [2.05, 4.69) is 111 Å². The smallest absolute Gasteiger partial charge is 0.306 e. The SMILES string of the molecule is CC/C=C\C/C=C\C/C=C\C/C=C\C/C=C\CCCC(=O)OC(COCCCCCC/C=C\C/C=C\C/C=C\CC)COC1OC(CO)C(O)C(O)C1O. The molecule has 0 radical (unpaired) electrons. The Labute approximate surface area is 326 Å². The first kappa shape index (κ1) is 49.1.